The standard InChI is InChI=1S/C13H26N2/c1-2-3-4-8-15-9-11-6-5-7-13(14)12(11)10-15/h11-13H,2-10,14H2,1H3. The Hall–Kier alpha value is -0.0800. The quantitative estimate of drug-likeness (QED) is 0.721. The predicted molar refractivity (Wildman–Crippen MR) is 64.8 cm³/mol. The van der Waals surface area contributed by atoms with E-state index in [4.69, 9.17) is 5.73 Å². The van der Waals surface area contributed by atoms with Gasteiger partial charge >= 0.3 is 0 Å². The molecule has 2 N–H and O–H groups in total. The minimum Gasteiger partial charge on any atom is -0.327 e. The van der Waals surface area contributed by atoms with Crippen LogP contribution in [-0.4, -0.2) is 30.6 Å². The number of nitrogens with zero attached hydrogens (tertiary/aromatic N) is 1. The Bertz CT molecular complexity index is 193. The monoisotopic (exact) mass is 210 g/mol. The van der Waals surface area contributed by atoms with E-state index < -0.39 is 0 Å². The summed E-state index contributed by atoms with van der Waals surface area (Å²) in [5.74, 6) is 1.75. The number of fused-ring (bicyclic) bond motifs is 1. The van der Waals surface area contributed by atoms with Crippen LogP contribution < -0.4 is 5.73 Å². The van der Waals surface area contributed by atoms with E-state index in [0.717, 1.165) is 11.8 Å². The van der Waals surface area contributed by atoms with Gasteiger partial charge in [0, 0.05) is 19.1 Å². The number of nitrogens with two attached hydrogens (primary N) is 1. The molecule has 0 spiro atoms. The topological polar surface area (TPSA) is 29.3 Å². The summed E-state index contributed by atoms with van der Waals surface area (Å²) in [5.41, 5.74) is 6.21. The van der Waals surface area contributed by atoms with Crippen molar-refractivity contribution < 1.29 is 0 Å². The predicted octanol–water partition coefficient (Wildman–Crippen LogP) is 2.24. The Balaban J connectivity index is 1.77. The zero-order chi connectivity index (χ0) is 10.7. The first-order chi connectivity index (χ1) is 7.31. The Labute approximate surface area is 94.2 Å². The van der Waals surface area contributed by atoms with Crippen LogP contribution >= 0.6 is 0 Å². The summed E-state index contributed by atoms with van der Waals surface area (Å²) < 4.78 is 0. The second-order valence-corrected chi connectivity index (χ2v) is 5.49. The van der Waals surface area contributed by atoms with Crippen LogP contribution in [0.5, 0.6) is 0 Å². The molecule has 2 heteroatoms. The van der Waals surface area contributed by atoms with E-state index in [1.54, 1.807) is 0 Å². The molecule has 88 valence electrons. The summed E-state index contributed by atoms with van der Waals surface area (Å²) in [7, 11) is 0. The highest BCUT2D eigenvalue weighted by atomic mass is 15.2. The number of hydrogen-bond acceptors (Lipinski definition) is 2. The van der Waals surface area contributed by atoms with Crippen LogP contribution in [0.15, 0.2) is 0 Å². The highest BCUT2D eigenvalue weighted by Gasteiger charge is 2.38. The van der Waals surface area contributed by atoms with Gasteiger partial charge in [-0.15, -0.1) is 0 Å². The lowest BCUT2D eigenvalue weighted by molar-refractivity contribution is 0.259. The van der Waals surface area contributed by atoms with Crippen molar-refractivity contribution in [1.29, 1.82) is 0 Å². The lowest BCUT2D eigenvalue weighted by atomic mass is 9.78. The average Bonchev–Trinajstić information content (AvgIpc) is 2.63. The Morgan fingerprint density at radius 2 is 2.07 bits per heavy atom. The molecule has 0 aromatic heterocycles. The lowest BCUT2D eigenvalue weighted by Crippen LogP contribution is -2.38. The highest BCUT2D eigenvalue weighted by molar-refractivity contribution is 4.92. The first kappa shape index (κ1) is 11.4. The molecule has 2 rings (SSSR count). The molecule has 1 aliphatic heterocycles. The van der Waals surface area contributed by atoms with Crippen molar-refractivity contribution in [2.75, 3.05) is 19.6 Å². The molecule has 0 radical (unpaired) electrons. The van der Waals surface area contributed by atoms with E-state index in [9.17, 15) is 0 Å². The van der Waals surface area contributed by atoms with Crippen LogP contribution in [-0.2, 0) is 0 Å². The molecule has 2 aliphatic rings. The van der Waals surface area contributed by atoms with Crippen LogP contribution in [0, 0.1) is 11.8 Å². The molecule has 3 unspecified atom stereocenters. The molecule has 0 amide bonds. The van der Waals surface area contributed by atoms with Gasteiger partial charge in [-0.3, -0.25) is 0 Å². The lowest BCUT2D eigenvalue weighted by Gasteiger charge is -2.29. The number of likely N-dealkylation sites (tertiary alicyclic amines) is 1. The average molecular weight is 210 g/mol. The van der Waals surface area contributed by atoms with Gasteiger partial charge in [0.15, 0.2) is 0 Å². The third kappa shape index (κ3) is 2.73. The largest absolute Gasteiger partial charge is 0.327 e. The van der Waals surface area contributed by atoms with Gasteiger partial charge in [-0.05, 0) is 37.6 Å². The maximum atomic E-state index is 6.21. The van der Waals surface area contributed by atoms with Crippen molar-refractivity contribution in [1.82, 2.24) is 4.90 Å². The summed E-state index contributed by atoms with van der Waals surface area (Å²) in [4.78, 5) is 2.66. The van der Waals surface area contributed by atoms with Crippen LogP contribution in [0.1, 0.15) is 45.4 Å². The van der Waals surface area contributed by atoms with E-state index in [1.165, 1.54) is 58.2 Å². The van der Waals surface area contributed by atoms with E-state index in [1.807, 2.05) is 0 Å². The summed E-state index contributed by atoms with van der Waals surface area (Å²) in [6.07, 6.45) is 8.17. The van der Waals surface area contributed by atoms with Gasteiger partial charge < -0.3 is 10.6 Å². The van der Waals surface area contributed by atoms with Gasteiger partial charge in [0.1, 0.15) is 0 Å². The molecule has 3 atom stereocenters. The molecule has 1 saturated heterocycles. The van der Waals surface area contributed by atoms with Crippen molar-refractivity contribution in [3.8, 4) is 0 Å². The molecule has 1 heterocycles. The van der Waals surface area contributed by atoms with Crippen molar-refractivity contribution in [3.63, 3.8) is 0 Å². The summed E-state index contributed by atoms with van der Waals surface area (Å²) in [6.45, 7) is 6.21. The van der Waals surface area contributed by atoms with Gasteiger partial charge in [0.05, 0.1) is 0 Å². The Kier molecular flexibility index (Phi) is 4.04. The van der Waals surface area contributed by atoms with Crippen molar-refractivity contribution in [3.05, 3.63) is 0 Å². The normalized spacial score (nSPS) is 36.8. The van der Waals surface area contributed by atoms with Crippen LogP contribution in [0.2, 0.25) is 0 Å². The molecule has 1 saturated carbocycles. The summed E-state index contributed by atoms with van der Waals surface area (Å²) in [5, 5.41) is 0. The Morgan fingerprint density at radius 1 is 1.20 bits per heavy atom. The van der Waals surface area contributed by atoms with E-state index in [-0.39, 0.29) is 0 Å². The van der Waals surface area contributed by atoms with Crippen LogP contribution in [0.4, 0.5) is 0 Å². The molecule has 2 nitrogen and oxygen atoms in total. The molecule has 0 aromatic rings. The molecule has 1 aliphatic carbocycles. The number of unbranched alkanes of at least 4 members (excludes halogenated alkanes) is 2. The Morgan fingerprint density at radius 3 is 2.80 bits per heavy atom. The number of rotatable bonds is 4. The molecule has 0 bridgehead atoms. The summed E-state index contributed by atoms with van der Waals surface area (Å²) in [6, 6.07) is 0.500. The number of hydrogen-bond donors (Lipinski definition) is 1. The zero-order valence-corrected chi connectivity index (χ0v) is 10.1. The third-order valence-electron chi connectivity index (χ3n) is 4.31. The third-order valence-corrected chi connectivity index (χ3v) is 4.31. The van der Waals surface area contributed by atoms with Crippen LogP contribution in [0.25, 0.3) is 0 Å². The second kappa shape index (κ2) is 5.31. The molecule has 0 aromatic carbocycles. The fourth-order valence-electron chi connectivity index (χ4n) is 3.38. The SMILES string of the molecule is CCCCCN1CC2CCCC(N)C2C1. The van der Waals surface area contributed by atoms with Crippen molar-refractivity contribution in [2.45, 2.75) is 51.5 Å². The molecule has 2 fully saturated rings. The molecule has 15 heavy (non-hydrogen) atoms. The van der Waals surface area contributed by atoms with E-state index >= 15 is 0 Å². The van der Waals surface area contributed by atoms with Gasteiger partial charge in [-0.25, -0.2) is 0 Å². The van der Waals surface area contributed by atoms with Gasteiger partial charge in [-0.2, -0.15) is 0 Å². The van der Waals surface area contributed by atoms with Crippen molar-refractivity contribution >= 4 is 0 Å². The summed E-state index contributed by atoms with van der Waals surface area (Å²) >= 11 is 0. The van der Waals surface area contributed by atoms with Gasteiger partial charge in [0.25, 0.3) is 0 Å². The maximum absolute atomic E-state index is 6.21. The minimum absolute atomic E-state index is 0.500. The van der Waals surface area contributed by atoms with E-state index in [0.29, 0.717) is 6.04 Å². The maximum Gasteiger partial charge on any atom is 0.00825 e. The smallest absolute Gasteiger partial charge is 0.00825 e. The second-order valence-electron chi connectivity index (χ2n) is 5.49. The first-order valence-corrected chi connectivity index (χ1v) is 6.79. The minimum atomic E-state index is 0.500. The van der Waals surface area contributed by atoms with Crippen LogP contribution in [0.3, 0.4) is 0 Å². The zero-order valence-electron chi connectivity index (χ0n) is 10.1. The fourth-order valence-corrected chi connectivity index (χ4v) is 3.38. The first-order valence-electron chi connectivity index (χ1n) is 6.79. The van der Waals surface area contributed by atoms with Gasteiger partial charge in [0.2, 0.25) is 0 Å². The molecular weight excluding hydrogens is 184 g/mol. The van der Waals surface area contributed by atoms with Crippen molar-refractivity contribution in [2.24, 2.45) is 17.6 Å². The molecular formula is C13H26N2. The fraction of sp³-hybridized carbons (Fsp3) is 1.00. The highest BCUT2D eigenvalue weighted by Crippen LogP contribution is 2.35. The van der Waals surface area contributed by atoms with Gasteiger partial charge in [-0.1, -0.05) is 26.2 Å². The van der Waals surface area contributed by atoms with E-state index in [2.05, 4.69) is 11.8 Å².